The Bertz CT molecular complexity index is 648. The van der Waals surface area contributed by atoms with Crippen LogP contribution >= 0.6 is 0 Å². The number of halogens is 1. The molecule has 6 nitrogen and oxygen atoms in total. The van der Waals surface area contributed by atoms with E-state index < -0.39 is 21.7 Å². The fourth-order valence-corrected chi connectivity index (χ4v) is 3.86. The SMILES string of the molecule is CC(=O)Nc1cc(S(=O)(=O)N2CCC(CN)C2)ccc1F. The van der Waals surface area contributed by atoms with Crippen LogP contribution in [0, 0.1) is 11.7 Å². The van der Waals surface area contributed by atoms with Crippen LogP contribution in [0.5, 0.6) is 0 Å². The van der Waals surface area contributed by atoms with Crippen LogP contribution in [0.3, 0.4) is 0 Å². The molecule has 0 bridgehead atoms. The number of carbonyl (C=O) groups excluding carboxylic acids is 1. The molecule has 1 atom stereocenters. The van der Waals surface area contributed by atoms with Crippen LogP contribution in [0.1, 0.15) is 13.3 Å². The van der Waals surface area contributed by atoms with Crippen molar-refractivity contribution < 1.29 is 17.6 Å². The van der Waals surface area contributed by atoms with Gasteiger partial charge >= 0.3 is 0 Å². The minimum absolute atomic E-state index is 0.0367. The highest BCUT2D eigenvalue weighted by atomic mass is 32.2. The number of rotatable bonds is 4. The number of nitrogens with one attached hydrogen (secondary N) is 1. The summed E-state index contributed by atoms with van der Waals surface area (Å²) in [4.78, 5) is 11.0. The van der Waals surface area contributed by atoms with Gasteiger partial charge in [0.25, 0.3) is 0 Å². The third kappa shape index (κ3) is 3.39. The predicted octanol–water partition coefficient (Wildman–Crippen LogP) is 0.753. The second kappa shape index (κ2) is 6.08. The second-order valence-corrected chi connectivity index (χ2v) is 7.01. The van der Waals surface area contributed by atoms with E-state index in [0.717, 1.165) is 18.6 Å². The summed E-state index contributed by atoms with van der Waals surface area (Å²) < 4.78 is 39.9. The Balaban J connectivity index is 2.30. The van der Waals surface area contributed by atoms with E-state index in [9.17, 15) is 17.6 Å². The van der Waals surface area contributed by atoms with E-state index in [1.54, 1.807) is 0 Å². The molecule has 116 valence electrons. The van der Waals surface area contributed by atoms with Gasteiger partial charge in [0.1, 0.15) is 5.82 Å². The van der Waals surface area contributed by atoms with E-state index in [-0.39, 0.29) is 16.5 Å². The lowest BCUT2D eigenvalue weighted by Crippen LogP contribution is -2.30. The monoisotopic (exact) mass is 315 g/mol. The Morgan fingerprint density at radius 2 is 2.24 bits per heavy atom. The standard InChI is InChI=1S/C13H18FN3O3S/c1-9(18)16-13-6-11(2-3-12(13)14)21(19,20)17-5-4-10(7-15)8-17/h2-3,6,10H,4-5,7-8,15H2,1H3,(H,16,18). The average Bonchev–Trinajstić information content (AvgIpc) is 2.90. The molecule has 1 aliphatic heterocycles. The van der Waals surface area contributed by atoms with Gasteiger partial charge < -0.3 is 11.1 Å². The molecule has 0 aliphatic carbocycles. The third-order valence-corrected chi connectivity index (χ3v) is 5.33. The molecule has 1 amide bonds. The second-order valence-electron chi connectivity index (χ2n) is 5.08. The largest absolute Gasteiger partial charge is 0.330 e. The van der Waals surface area contributed by atoms with Crippen LogP contribution in [-0.4, -0.2) is 38.3 Å². The van der Waals surface area contributed by atoms with Crippen LogP contribution < -0.4 is 11.1 Å². The third-order valence-electron chi connectivity index (χ3n) is 3.47. The summed E-state index contributed by atoms with van der Waals surface area (Å²) in [5.74, 6) is -0.992. The van der Waals surface area contributed by atoms with Crippen molar-refractivity contribution in [3.8, 4) is 0 Å². The Kier molecular flexibility index (Phi) is 4.60. The van der Waals surface area contributed by atoms with E-state index in [2.05, 4.69) is 5.32 Å². The number of nitrogens with two attached hydrogens (primary N) is 1. The molecule has 3 N–H and O–H groups in total. The van der Waals surface area contributed by atoms with E-state index >= 15 is 0 Å². The molecule has 1 aliphatic rings. The predicted molar refractivity (Wildman–Crippen MR) is 76.6 cm³/mol. The van der Waals surface area contributed by atoms with Crippen molar-refractivity contribution in [3.05, 3.63) is 24.0 Å². The zero-order chi connectivity index (χ0) is 15.6. The smallest absolute Gasteiger partial charge is 0.243 e. The number of anilines is 1. The molecule has 0 saturated carbocycles. The number of hydrogen-bond acceptors (Lipinski definition) is 4. The number of carbonyl (C=O) groups is 1. The summed E-state index contributed by atoms with van der Waals surface area (Å²) >= 11 is 0. The Morgan fingerprint density at radius 3 is 2.81 bits per heavy atom. The Hall–Kier alpha value is -1.51. The van der Waals surface area contributed by atoms with Crippen LogP contribution in [0.2, 0.25) is 0 Å². The van der Waals surface area contributed by atoms with Crippen molar-refractivity contribution in [2.45, 2.75) is 18.2 Å². The van der Waals surface area contributed by atoms with Gasteiger partial charge in [-0.05, 0) is 37.1 Å². The minimum Gasteiger partial charge on any atom is -0.330 e. The van der Waals surface area contributed by atoms with Gasteiger partial charge in [-0.3, -0.25) is 4.79 Å². The van der Waals surface area contributed by atoms with Crippen molar-refractivity contribution in [2.24, 2.45) is 11.7 Å². The highest BCUT2D eigenvalue weighted by Gasteiger charge is 2.32. The fraction of sp³-hybridized carbons (Fsp3) is 0.462. The van der Waals surface area contributed by atoms with E-state index in [1.807, 2.05) is 0 Å². The first kappa shape index (κ1) is 15.9. The molecule has 21 heavy (non-hydrogen) atoms. The normalized spacial score (nSPS) is 19.7. The summed E-state index contributed by atoms with van der Waals surface area (Å²) in [6.45, 7) is 2.43. The van der Waals surface area contributed by atoms with Crippen molar-refractivity contribution in [2.75, 3.05) is 25.0 Å². The van der Waals surface area contributed by atoms with Gasteiger partial charge in [-0.15, -0.1) is 0 Å². The number of benzene rings is 1. The molecule has 1 saturated heterocycles. The topological polar surface area (TPSA) is 92.5 Å². The number of amides is 1. The van der Waals surface area contributed by atoms with Crippen molar-refractivity contribution in [3.63, 3.8) is 0 Å². The van der Waals surface area contributed by atoms with Gasteiger partial charge in [0.15, 0.2) is 0 Å². The average molecular weight is 315 g/mol. The lowest BCUT2D eigenvalue weighted by atomic mass is 10.1. The number of sulfonamides is 1. The van der Waals surface area contributed by atoms with Crippen LogP contribution in [0.4, 0.5) is 10.1 Å². The maximum Gasteiger partial charge on any atom is 0.243 e. The molecule has 1 aromatic carbocycles. The van der Waals surface area contributed by atoms with Gasteiger partial charge in [0, 0.05) is 20.0 Å². The highest BCUT2D eigenvalue weighted by Crippen LogP contribution is 2.26. The first-order valence-corrected chi connectivity index (χ1v) is 8.06. The summed E-state index contributed by atoms with van der Waals surface area (Å²) in [6.07, 6.45) is 0.718. The number of nitrogens with zero attached hydrogens (tertiary/aromatic N) is 1. The van der Waals surface area contributed by atoms with Crippen molar-refractivity contribution in [1.82, 2.24) is 4.31 Å². The van der Waals surface area contributed by atoms with Gasteiger partial charge in [0.05, 0.1) is 10.6 Å². The van der Waals surface area contributed by atoms with E-state index in [0.29, 0.717) is 19.6 Å². The van der Waals surface area contributed by atoms with Crippen molar-refractivity contribution >= 4 is 21.6 Å². The zero-order valence-corrected chi connectivity index (χ0v) is 12.5. The molecule has 1 fully saturated rings. The molecule has 0 radical (unpaired) electrons. The Morgan fingerprint density at radius 1 is 1.52 bits per heavy atom. The molecular weight excluding hydrogens is 297 g/mol. The maximum atomic E-state index is 13.6. The summed E-state index contributed by atoms with van der Waals surface area (Å²) in [5, 5.41) is 2.28. The lowest BCUT2D eigenvalue weighted by molar-refractivity contribution is -0.114. The van der Waals surface area contributed by atoms with Crippen LogP contribution in [0.25, 0.3) is 0 Å². The number of hydrogen-bond donors (Lipinski definition) is 2. The first-order valence-electron chi connectivity index (χ1n) is 6.62. The molecule has 8 heteroatoms. The minimum atomic E-state index is -3.70. The molecular formula is C13H18FN3O3S. The highest BCUT2D eigenvalue weighted by molar-refractivity contribution is 7.89. The summed E-state index contributed by atoms with van der Waals surface area (Å²) in [5.41, 5.74) is 5.42. The molecule has 1 heterocycles. The Labute approximate surface area is 123 Å². The van der Waals surface area contributed by atoms with Crippen LogP contribution in [0.15, 0.2) is 23.1 Å². The van der Waals surface area contributed by atoms with Gasteiger partial charge in [0.2, 0.25) is 15.9 Å². The zero-order valence-electron chi connectivity index (χ0n) is 11.7. The molecule has 0 spiro atoms. The summed E-state index contributed by atoms with van der Waals surface area (Å²) in [6, 6.07) is 3.38. The van der Waals surface area contributed by atoms with E-state index in [1.165, 1.54) is 17.3 Å². The van der Waals surface area contributed by atoms with Gasteiger partial charge in [-0.25, -0.2) is 12.8 Å². The summed E-state index contributed by atoms with van der Waals surface area (Å²) in [7, 11) is -3.70. The fourth-order valence-electron chi connectivity index (χ4n) is 2.31. The van der Waals surface area contributed by atoms with Gasteiger partial charge in [-0.1, -0.05) is 0 Å². The van der Waals surface area contributed by atoms with E-state index in [4.69, 9.17) is 5.73 Å². The van der Waals surface area contributed by atoms with Crippen molar-refractivity contribution in [1.29, 1.82) is 0 Å². The maximum absolute atomic E-state index is 13.6. The van der Waals surface area contributed by atoms with Gasteiger partial charge in [-0.2, -0.15) is 4.31 Å². The first-order chi connectivity index (χ1) is 9.84. The molecule has 1 unspecified atom stereocenters. The molecule has 1 aromatic rings. The molecule has 0 aromatic heterocycles. The molecule has 2 rings (SSSR count). The van der Waals surface area contributed by atoms with Crippen LogP contribution in [-0.2, 0) is 14.8 Å². The quantitative estimate of drug-likeness (QED) is 0.857. The lowest BCUT2D eigenvalue weighted by Gasteiger charge is -2.17.